The molecule has 1 unspecified atom stereocenters. The van der Waals surface area contributed by atoms with Crippen LogP contribution in [0.5, 0.6) is 0 Å². The number of alkyl halides is 1. The summed E-state index contributed by atoms with van der Waals surface area (Å²) in [6, 6.07) is 0. The molecule has 1 aliphatic carbocycles. The minimum atomic E-state index is -0.679. The predicted octanol–water partition coefficient (Wildman–Crippen LogP) is -0.597. The molecule has 1 aromatic rings. The molecule has 0 saturated heterocycles. The zero-order valence-electron chi connectivity index (χ0n) is 8.84. The van der Waals surface area contributed by atoms with Gasteiger partial charge in [0.1, 0.15) is 5.69 Å². The van der Waals surface area contributed by atoms with E-state index in [-0.39, 0.29) is 10.8 Å². The van der Waals surface area contributed by atoms with Crippen LogP contribution in [0.15, 0.2) is 15.3 Å². The number of hydrogen-bond donors (Lipinski definition) is 0. The van der Waals surface area contributed by atoms with Crippen molar-refractivity contribution in [2.45, 2.75) is 5.38 Å². The number of nitrogens with zero attached hydrogens (tertiary/aromatic N) is 1. The Labute approximate surface area is 101 Å². The second kappa shape index (κ2) is 4.55. The maximum Gasteiger partial charge on any atom is 0.334 e. The lowest BCUT2D eigenvalue weighted by atomic mass is 10.2. The van der Waals surface area contributed by atoms with Crippen molar-refractivity contribution in [1.29, 1.82) is 0 Å². The number of fused-ring (bicyclic) bond motifs is 1. The number of aromatic nitrogens is 1. The van der Waals surface area contributed by atoms with Crippen molar-refractivity contribution in [2.75, 3.05) is 7.11 Å². The van der Waals surface area contributed by atoms with Gasteiger partial charge in [0.25, 0.3) is 0 Å². The third kappa shape index (κ3) is 2.45. The van der Waals surface area contributed by atoms with E-state index in [1.165, 1.54) is 7.11 Å². The highest BCUT2D eigenvalue weighted by atomic mass is 35.5. The molecule has 0 radical (unpaired) electrons. The molecular weight excluding hydrogens is 246 g/mol. The van der Waals surface area contributed by atoms with Crippen LogP contribution in [-0.4, -0.2) is 23.4 Å². The van der Waals surface area contributed by atoms with E-state index in [1.807, 2.05) is 0 Å². The Hall–Kier alpha value is -1.88. The van der Waals surface area contributed by atoms with Gasteiger partial charge in [-0.05, 0) is 12.2 Å². The van der Waals surface area contributed by atoms with Crippen LogP contribution in [0.2, 0.25) is 0 Å². The van der Waals surface area contributed by atoms with E-state index in [0.717, 1.165) is 6.08 Å². The first-order valence-electron chi connectivity index (χ1n) is 4.75. The molecule has 1 atom stereocenters. The van der Waals surface area contributed by atoms with Gasteiger partial charge in [0.15, 0.2) is 5.42 Å². The normalized spacial score (nSPS) is 18.5. The predicted molar refractivity (Wildman–Crippen MR) is 61.6 cm³/mol. The molecule has 1 aromatic heterocycles. The Morgan fingerprint density at radius 1 is 1.65 bits per heavy atom. The summed E-state index contributed by atoms with van der Waals surface area (Å²) in [7, 11) is 1.21. The van der Waals surface area contributed by atoms with Crippen LogP contribution < -0.4 is 16.4 Å². The third-order valence-corrected chi connectivity index (χ3v) is 2.38. The first kappa shape index (κ1) is 11.6. The molecule has 0 aliphatic heterocycles. The molecule has 6 heteroatoms. The Bertz CT molecular complexity index is 659. The van der Waals surface area contributed by atoms with Crippen molar-refractivity contribution in [2.24, 2.45) is 0 Å². The average molecular weight is 254 g/mol. The summed E-state index contributed by atoms with van der Waals surface area (Å²) in [5, 5.41) is -0.323. The van der Waals surface area contributed by atoms with Crippen molar-refractivity contribution >= 4 is 35.8 Å². The van der Waals surface area contributed by atoms with Gasteiger partial charge in [-0.1, -0.05) is 6.08 Å². The topological polar surface area (TPSA) is 69.4 Å². The van der Waals surface area contributed by atoms with E-state index in [9.17, 15) is 9.59 Å². The molecule has 0 bridgehead atoms. The Morgan fingerprint density at radius 3 is 3.12 bits per heavy atom. The number of carbonyl (C=O) groups excluding carboxylic acids is 1. The van der Waals surface area contributed by atoms with Gasteiger partial charge >= 0.3 is 11.5 Å². The highest BCUT2D eigenvalue weighted by Crippen LogP contribution is 2.05. The summed E-state index contributed by atoms with van der Waals surface area (Å²) in [4.78, 5) is 26.3. The number of allylic oxidation sites excluding steroid dienone is 1. The molecule has 0 amide bonds. The monoisotopic (exact) mass is 253 g/mol. The largest absolute Gasteiger partial charge is 0.466 e. The van der Waals surface area contributed by atoms with E-state index < -0.39 is 11.5 Å². The molecule has 0 fully saturated rings. The molecule has 0 spiro atoms. The van der Waals surface area contributed by atoms with Crippen LogP contribution in [0.25, 0.3) is 18.2 Å². The van der Waals surface area contributed by atoms with E-state index >= 15 is 0 Å². The minimum absolute atomic E-state index is 0.175. The van der Waals surface area contributed by atoms with E-state index in [0.29, 0.717) is 11.1 Å². The third-order valence-electron chi connectivity index (χ3n) is 2.10. The summed E-state index contributed by atoms with van der Waals surface area (Å²) in [6.45, 7) is 0. The lowest BCUT2D eigenvalue weighted by Gasteiger charge is -2.02. The smallest absolute Gasteiger partial charge is 0.334 e. The lowest BCUT2D eigenvalue weighted by molar-refractivity contribution is -0.133. The fourth-order valence-corrected chi connectivity index (χ4v) is 1.50. The van der Waals surface area contributed by atoms with Crippen molar-refractivity contribution in [3.63, 3.8) is 0 Å². The number of rotatable bonds is 1. The van der Waals surface area contributed by atoms with E-state index in [1.54, 1.807) is 18.2 Å². The lowest BCUT2D eigenvalue weighted by Crippen LogP contribution is -2.35. The maximum absolute atomic E-state index is 11.5. The second-order valence-electron chi connectivity index (χ2n) is 3.27. The molecule has 0 aromatic carbocycles. The van der Waals surface area contributed by atoms with Gasteiger partial charge in [0.05, 0.1) is 18.6 Å². The number of hydrogen-bond acceptors (Lipinski definition) is 5. The highest BCUT2D eigenvalue weighted by molar-refractivity contribution is 6.25. The van der Waals surface area contributed by atoms with Crippen molar-refractivity contribution in [1.82, 2.24) is 4.98 Å². The number of carbonyl (C=O) groups is 1. The summed E-state index contributed by atoms with van der Waals surface area (Å²) >= 11 is 5.86. The highest BCUT2D eigenvalue weighted by Gasteiger charge is 2.08. The summed E-state index contributed by atoms with van der Waals surface area (Å²) in [6.07, 6.45) is 5.82. The Kier molecular flexibility index (Phi) is 3.10. The average Bonchev–Trinajstić information content (AvgIpc) is 2.30. The van der Waals surface area contributed by atoms with Crippen molar-refractivity contribution < 1.29 is 13.9 Å². The number of esters is 1. The Morgan fingerprint density at radius 2 is 2.41 bits per heavy atom. The maximum atomic E-state index is 11.5. The fourth-order valence-electron chi connectivity index (χ4n) is 1.31. The number of ether oxygens (including phenoxy) is 1. The van der Waals surface area contributed by atoms with Crippen LogP contribution in [0.4, 0.5) is 0 Å². The number of halogens is 1. The van der Waals surface area contributed by atoms with Gasteiger partial charge in [0.2, 0.25) is 5.42 Å². The van der Waals surface area contributed by atoms with Gasteiger partial charge in [0, 0.05) is 0 Å². The van der Waals surface area contributed by atoms with E-state index in [4.69, 9.17) is 16.0 Å². The zero-order chi connectivity index (χ0) is 12.4. The molecule has 88 valence electrons. The van der Waals surface area contributed by atoms with Crippen LogP contribution >= 0.6 is 11.6 Å². The van der Waals surface area contributed by atoms with Gasteiger partial charge in [-0.2, -0.15) is 0 Å². The molecule has 2 rings (SSSR count). The summed E-state index contributed by atoms with van der Waals surface area (Å²) in [5.74, 6) is -0.679. The molecule has 5 nitrogen and oxygen atoms in total. The number of methoxy groups -OCH3 is 1. The molecule has 17 heavy (non-hydrogen) atoms. The second-order valence-corrected chi connectivity index (χ2v) is 3.77. The van der Waals surface area contributed by atoms with Crippen LogP contribution in [0.1, 0.15) is 5.69 Å². The van der Waals surface area contributed by atoms with Gasteiger partial charge in [-0.15, -0.1) is 11.6 Å². The van der Waals surface area contributed by atoms with Gasteiger partial charge in [-0.25, -0.2) is 9.78 Å². The Balaban J connectivity index is 2.67. The van der Waals surface area contributed by atoms with Crippen LogP contribution in [-0.2, 0) is 9.53 Å². The molecule has 0 N–H and O–H groups in total. The van der Waals surface area contributed by atoms with Gasteiger partial charge < -0.3 is 9.15 Å². The molecule has 1 heterocycles. The molecule has 0 saturated carbocycles. The van der Waals surface area contributed by atoms with Crippen LogP contribution in [0, 0.1) is 0 Å². The quantitative estimate of drug-likeness (QED) is 0.494. The SMILES string of the molecule is COC(=O)/C=c1/oc2c(nc1=O)C=CC(Cl)C=2. The summed E-state index contributed by atoms with van der Waals surface area (Å²) in [5.41, 5.74) is -0.0394. The van der Waals surface area contributed by atoms with E-state index in [2.05, 4.69) is 9.72 Å². The van der Waals surface area contributed by atoms with Crippen molar-refractivity contribution in [3.8, 4) is 0 Å². The fraction of sp³-hybridized carbons (Fsp3) is 0.182. The standard InChI is InChI=1S/C11H8ClNO4/c1-16-10(14)5-9-11(15)13-7-3-2-6(12)4-8(7)17-9/h2-6H,1H3/b9-5+. The van der Waals surface area contributed by atoms with Gasteiger partial charge in [-0.3, -0.25) is 4.79 Å². The first-order chi connectivity index (χ1) is 8.10. The zero-order valence-corrected chi connectivity index (χ0v) is 9.60. The first-order valence-corrected chi connectivity index (χ1v) is 5.19. The molecular formula is C11H8ClNO4. The van der Waals surface area contributed by atoms with Crippen molar-refractivity contribution in [3.05, 3.63) is 33.0 Å². The summed E-state index contributed by atoms with van der Waals surface area (Å²) < 4.78 is 9.65. The minimum Gasteiger partial charge on any atom is -0.466 e. The van der Waals surface area contributed by atoms with Crippen LogP contribution in [0.3, 0.4) is 0 Å². The molecule has 1 aliphatic rings.